The molecule has 0 fully saturated rings. The van der Waals surface area contributed by atoms with Gasteiger partial charge in [0, 0.05) is 18.0 Å². The third kappa shape index (κ3) is 3.15. The molecule has 0 aliphatic carbocycles. The molecule has 0 aliphatic rings. The van der Waals surface area contributed by atoms with E-state index in [2.05, 4.69) is 15.3 Å². The van der Waals surface area contributed by atoms with Gasteiger partial charge < -0.3 is 14.8 Å². The van der Waals surface area contributed by atoms with Crippen LogP contribution in [0.25, 0.3) is 10.9 Å². The van der Waals surface area contributed by atoms with Crippen LogP contribution in [0.15, 0.2) is 42.7 Å². The SMILES string of the molecule is COc1ccc(CNc2ncnc3cc(F)c(OC)cc23)cc1. The van der Waals surface area contributed by atoms with Gasteiger partial charge in [-0.25, -0.2) is 14.4 Å². The number of nitrogens with zero attached hydrogens (tertiary/aromatic N) is 2. The van der Waals surface area contributed by atoms with Gasteiger partial charge in [0.2, 0.25) is 0 Å². The molecule has 0 spiro atoms. The second-order valence-electron chi connectivity index (χ2n) is 4.93. The number of benzene rings is 2. The molecule has 3 aromatic rings. The van der Waals surface area contributed by atoms with E-state index in [1.807, 2.05) is 24.3 Å². The van der Waals surface area contributed by atoms with E-state index >= 15 is 0 Å². The lowest BCUT2D eigenvalue weighted by atomic mass is 10.2. The van der Waals surface area contributed by atoms with Gasteiger partial charge >= 0.3 is 0 Å². The Hall–Kier alpha value is -2.89. The van der Waals surface area contributed by atoms with Crippen molar-refractivity contribution in [3.05, 3.63) is 54.1 Å². The van der Waals surface area contributed by atoms with Gasteiger partial charge in [-0.2, -0.15) is 0 Å². The van der Waals surface area contributed by atoms with Crippen LogP contribution in [0.4, 0.5) is 10.2 Å². The summed E-state index contributed by atoms with van der Waals surface area (Å²) >= 11 is 0. The van der Waals surface area contributed by atoms with E-state index < -0.39 is 5.82 Å². The Balaban J connectivity index is 1.87. The quantitative estimate of drug-likeness (QED) is 0.782. The van der Waals surface area contributed by atoms with Crippen molar-refractivity contribution in [3.63, 3.8) is 0 Å². The number of rotatable bonds is 5. The zero-order valence-corrected chi connectivity index (χ0v) is 12.8. The summed E-state index contributed by atoms with van der Waals surface area (Å²) in [6, 6.07) is 10.7. The predicted octanol–water partition coefficient (Wildman–Crippen LogP) is 3.40. The number of fused-ring (bicyclic) bond motifs is 1. The van der Waals surface area contributed by atoms with Crippen molar-refractivity contribution in [2.24, 2.45) is 0 Å². The summed E-state index contributed by atoms with van der Waals surface area (Å²) in [6.45, 7) is 0.579. The number of anilines is 1. The Bertz CT molecular complexity index is 822. The predicted molar refractivity (Wildman–Crippen MR) is 86.4 cm³/mol. The topological polar surface area (TPSA) is 56.3 Å². The number of hydrogen-bond acceptors (Lipinski definition) is 5. The molecule has 3 rings (SSSR count). The lowest BCUT2D eigenvalue weighted by Crippen LogP contribution is -2.03. The summed E-state index contributed by atoms with van der Waals surface area (Å²) in [5, 5.41) is 3.95. The molecule has 0 aliphatic heterocycles. The van der Waals surface area contributed by atoms with Crippen LogP contribution in [0, 0.1) is 5.82 Å². The van der Waals surface area contributed by atoms with E-state index in [4.69, 9.17) is 9.47 Å². The Labute approximate surface area is 133 Å². The molecule has 0 saturated heterocycles. The van der Waals surface area contributed by atoms with Crippen LogP contribution >= 0.6 is 0 Å². The Morgan fingerprint density at radius 3 is 2.52 bits per heavy atom. The van der Waals surface area contributed by atoms with Crippen LogP contribution in [0.1, 0.15) is 5.56 Å². The van der Waals surface area contributed by atoms with Crippen molar-refractivity contribution >= 4 is 16.7 Å². The van der Waals surface area contributed by atoms with E-state index in [9.17, 15) is 4.39 Å². The van der Waals surface area contributed by atoms with Gasteiger partial charge in [0.25, 0.3) is 0 Å². The van der Waals surface area contributed by atoms with Crippen LogP contribution in [-0.2, 0) is 6.54 Å². The normalized spacial score (nSPS) is 10.6. The van der Waals surface area contributed by atoms with Crippen molar-refractivity contribution in [2.75, 3.05) is 19.5 Å². The number of aromatic nitrogens is 2. The lowest BCUT2D eigenvalue weighted by Gasteiger charge is -2.10. The number of nitrogens with one attached hydrogen (secondary N) is 1. The van der Waals surface area contributed by atoms with Crippen molar-refractivity contribution in [1.29, 1.82) is 0 Å². The number of halogens is 1. The first-order valence-corrected chi connectivity index (χ1v) is 7.06. The Morgan fingerprint density at radius 2 is 1.83 bits per heavy atom. The summed E-state index contributed by atoms with van der Waals surface area (Å²) < 4.78 is 23.9. The van der Waals surface area contributed by atoms with Crippen LogP contribution < -0.4 is 14.8 Å². The summed E-state index contributed by atoms with van der Waals surface area (Å²) in [7, 11) is 3.06. The highest BCUT2D eigenvalue weighted by Crippen LogP contribution is 2.27. The van der Waals surface area contributed by atoms with Gasteiger partial charge in [-0.15, -0.1) is 0 Å². The van der Waals surface area contributed by atoms with E-state index in [1.54, 1.807) is 13.2 Å². The highest BCUT2D eigenvalue weighted by molar-refractivity contribution is 5.90. The molecule has 2 aromatic carbocycles. The molecule has 0 radical (unpaired) electrons. The maximum absolute atomic E-state index is 13.8. The molecular formula is C17H16FN3O2. The lowest BCUT2D eigenvalue weighted by molar-refractivity contribution is 0.387. The van der Waals surface area contributed by atoms with Crippen LogP contribution in [0.3, 0.4) is 0 Å². The second kappa shape index (κ2) is 6.48. The first-order chi connectivity index (χ1) is 11.2. The van der Waals surface area contributed by atoms with Crippen LogP contribution in [-0.4, -0.2) is 24.2 Å². The molecule has 0 saturated carbocycles. The summed E-state index contributed by atoms with van der Waals surface area (Å²) in [6.07, 6.45) is 1.41. The molecule has 1 aromatic heterocycles. The molecule has 1 heterocycles. The van der Waals surface area contributed by atoms with Gasteiger partial charge in [0.05, 0.1) is 19.7 Å². The molecule has 0 bridgehead atoms. The molecule has 0 atom stereocenters. The third-order valence-electron chi connectivity index (χ3n) is 3.53. The molecule has 118 valence electrons. The summed E-state index contributed by atoms with van der Waals surface area (Å²) in [4.78, 5) is 8.33. The Morgan fingerprint density at radius 1 is 1.04 bits per heavy atom. The van der Waals surface area contributed by atoms with E-state index in [1.165, 1.54) is 19.5 Å². The summed E-state index contributed by atoms with van der Waals surface area (Å²) in [5.41, 5.74) is 1.60. The maximum atomic E-state index is 13.8. The second-order valence-corrected chi connectivity index (χ2v) is 4.93. The molecule has 6 heteroatoms. The fraction of sp³-hybridized carbons (Fsp3) is 0.176. The average molecular weight is 313 g/mol. The number of ether oxygens (including phenoxy) is 2. The zero-order chi connectivity index (χ0) is 16.2. The van der Waals surface area contributed by atoms with Crippen LogP contribution in [0.2, 0.25) is 0 Å². The maximum Gasteiger partial charge on any atom is 0.167 e. The number of methoxy groups -OCH3 is 2. The minimum Gasteiger partial charge on any atom is -0.497 e. The van der Waals surface area contributed by atoms with E-state index in [0.29, 0.717) is 23.3 Å². The molecule has 5 nitrogen and oxygen atoms in total. The van der Waals surface area contributed by atoms with Gasteiger partial charge in [0.15, 0.2) is 11.6 Å². The van der Waals surface area contributed by atoms with Crippen molar-refractivity contribution in [1.82, 2.24) is 9.97 Å². The van der Waals surface area contributed by atoms with Gasteiger partial charge in [0.1, 0.15) is 17.9 Å². The standard InChI is InChI=1S/C17H16FN3O2/c1-22-12-5-3-11(4-6-12)9-19-17-13-7-16(23-2)14(18)8-15(13)20-10-21-17/h3-8,10H,9H2,1-2H3,(H,19,20,21). The van der Waals surface area contributed by atoms with Gasteiger partial charge in [-0.3, -0.25) is 0 Å². The minimum absolute atomic E-state index is 0.166. The van der Waals surface area contributed by atoms with Crippen molar-refractivity contribution in [3.8, 4) is 11.5 Å². The molecule has 1 N–H and O–H groups in total. The van der Waals surface area contributed by atoms with Gasteiger partial charge in [-0.05, 0) is 23.8 Å². The Kier molecular flexibility index (Phi) is 4.23. The first kappa shape index (κ1) is 15.0. The first-order valence-electron chi connectivity index (χ1n) is 7.06. The third-order valence-corrected chi connectivity index (χ3v) is 3.53. The monoisotopic (exact) mass is 313 g/mol. The van der Waals surface area contributed by atoms with E-state index in [-0.39, 0.29) is 5.75 Å². The van der Waals surface area contributed by atoms with Gasteiger partial charge in [-0.1, -0.05) is 12.1 Å². The summed E-state index contributed by atoms with van der Waals surface area (Å²) in [5.74, 6) is 1.16. The molecule has 23 heavy (non-hydrogen) atoms. The average Bonchev–Trinajstić information content (AvgIpc) is 2.59. The zero-order valence-electron chi connectivity index (χ0n) is 12.8. The van der Waals surface area contributed by atoms with Crippen molar-refractivity contribution < 1.29 is 13.9 Å². The molecule has 0 amide bonds. The minimum atomic E-state index is -0.445. The smallest absolute Gasteiger partial charge is 0.167 e. The largest absolute Gasteiger partial charge is 0.497 e. The van der Waals surface area contributed by atoms with Crippen LogP contribution in [0.5, 0.6) is 11.5 Å². The fourth-order valence-corrected chi connectivity index (χ4v) is 2.28. The van der Waals surface area contributed by atoms with E-state index in [0.717, 1.165) is 11.3 Å². The molecule has 0 unspecified atom stereocenters. The number of hydrogen-bond donors (Lipinski definition) is 1. The fourth-order valence-electron chi connectivity index (χ4n) is 2.28. The highest BCUT2D eigenvalue weighted by atomic mass is 19.1. The highest BCUT2D eigenvalue weighted by Gasteiger charge is 2.10. The van der Waals surface area contributed by atoms with Crippen molar-refractivity contribution in [2.45, 2.75) is 6.54 Å². The molecular weight excluding hydrogens is 297 g/mol.